The van der Waals surface area contributed by atoms with E-state index in [9.17, 15) is 0 Å². The lowest BCUT2D eigenvalue weighted by Gasteiger charge is -2.19. The van der Waals surface area contributed by atoms with E-state index in [-0.39, 0.29) is 0 Å². The number of rotatable bonds is 6. The minimum absolute atomic E-state index is 0.758. The predicted octanol–water partition coefficient (Wildman–Crippen LogP) is 3.65. The summed E-state index contributed by atoms with van der Waals surface area (Å²) in [6, 6.07) is 10.7. The summed E-state index contributed by atoms with van der Waals surface area (Å²) in [5.41, 5.74) is 6.72. The second kappa shape index (κ2) is 8.01. The molecule has 2 aromatic heterocycles. The molecule has 1 aromatic carbocycles. The number of aryl methyl sites for hydroxylation is 2. The molecule has 5 heteroatoms. The van der Waals surface area contributed by atoms with Crippen molar-refractivity contribution in [1.82, 2.24) is 20.3 Å². The van der Waals surface area contributed by atoms with Gasteiger partial charge in [-0.05, 0) is 69.0 Å². The van der Waals surface area contributed by atoms with Crippen molar-refractivity contribution in [3.8, 4) is 0 Å². The molecular weight excluding hydrogens is 334 g/mol. The fourth-order valence-electron chi connectivity index (χ4n) is 3.96. The molecule has 0 amide bonds. The van der Waals surface area contributed by atoms with Crippen molar-refractivity contribution in [3.63, 3.8) is 0 Å². The molecule has 3 aromatic rings. The van der Waals surface area contributed by atoms with Crippen LogP contribution >= 0.6 is 0 Å². The first kappa shape index (κ1) is 17.9. The number of aromatic nitrogens is 3. The fraction of sp³-hybridized carbons (Fsp3) is 0.409. The number of nitrogens with one attached hydrogen (secondary N) is 1. The summed E-state index contributed by atoms with van der Waals surface area (Å²) in [5.74, 6) is 0.758. The van der Waals surface area contributed by atoms with Crippen LogP contribution in [0, 0.1) is 19.8 Å². The highest BCUT2D eigenvalue weighted by Gasteiger charge is 2.22. The number of fused-ring (bicyclic) bond motifs is 1. The minimum atomic E-state index is 0.758. The predicted molar refractivity (Wildman–Crippen MR) is 110 cm³/mol. The number of benzene rings is 1. The average molecular weight is 361 g/mol. The topological polar surface area (TPSA) is 53.9 Å². The number of anilines is 1. The molecule has 27 heavy (non-hydrogen) atoms. The van der Waals surface area contributed by atoms with Gasteiger partial charge in [-0.3, -0.25) is 15.0 Å². The van der Waals surface area contributed by atoms with Crippen LogP contribution in [0.3, 0.4) is 0 Å². The third-order valence-electron chi connectivity index (χ3n) is 5.31. The zero-order valence-corrected chi connectivity index (χ0v) is 16.2. The molecule has 1 unspecified atom stereocenters. The standard InChI is InChI=1S/C22H27N5/c1-16-11-20(12-17(2)26-16)27-10-6-18(15-27)5-7-23-14-19-3-4-21-22(13-19)25-9-8-24-21/h3-4,8-9,11-13,18,23H,5-7,10,14-15H2,1-2H3. The van der Waals surface area contributed by atoms with Gasteiger partial charge in [0.2, 0.25) is 0 Å². The molecule has 1 atom stereocenters. The van der Waals surface area contributed by atoms with Crippen molar-refractivity contribution in [2.45, 2.75) is 33.2 Å². The Labute approximate surface area is 160 Å². The van der Waals surface area contributed by atoms with E-state index < -0.39 is 0 Å². The quantitative estimate of drug-likeness (QED) is 0.679. The van der Waals surface area contributed by atoms with Crippen molar-refractivity contribution in [2.75, 3.05) is 24.5 Å². The van der Waals surface area contributed by atoms with E-state index in [0.717, 1.165) is 54.5 Å². The third kappa shape index (κ3) is 4.42. The second-order valence-corrected chi connectivity index (χ2v) is 7.55. The minimum Gasteiger partial charge on any atom is -0.371 e. The van der Waals surface area contributed by atoms with E-state index in [2.05, 4.69) is 63.3 Å². The highest BCUT2D eigenvalue weighted by atomic mass is 15.2. The van der Waals surface area contributed by atoms with Gasteiger partial charge in [0.15, 0.2) is 0 Å². The number of pyridine rings is 1. The maximum Gasteiger partial charge on any atom is 0.0890 e. The first-order chi connectivity index (χ1) is 13.2. The van der Waals surface area contributed by atoms with Gasteiger partial charge in [0, 0.05) is 49.1 Å². The van der Waals surface area contributed by atoms with Gasteiger partial charge in [0.1, 0.15) is 0 Å². The van der Waals surface area contributed by atoms with Gasteiger partial charge < -0.3 is 10.2 Å². The van der Waals surface area contributed by atoms with Crippen LogP contribution in [0.1, 0.15) is 29.8 Å². The largest absolute Gasteiger partial charge is 0.371 e. The zero-order valence-electron chi connectivity index (χ0n) is 16.2. The Morgan fingerprint density at radius 2 is 1.81 bits per heavy atom. The molecule has 1 fully saturated rings. The van der Waals surface area contributed by atoms with Gasteiger partial charge in [-0.1, -0.05) is 6.07 Å². The van der Waals surface area contributed by atoms with Crippen LogP contribution in [0.5, 0.6) is 0 Å². The Kier molecular flexibility index (Phi) is 5.30. The molecule has 1 aliphatic heterocycles. The Morgan fingerprint density at radius 1 is 1.04 bits per heavy atom. The van der Waals surface area contributed by atoms with E-state index in [1.165, 1.54) is 24.1 Å². The fourth-order valence-corrected chi connectivity index (χ4v) is 3.96. The summed E-state index contributed by atoms with van der Waals surface area (Å²) in [6.07, 6.45) is 5.97. The van der Waals surface area contributed by atoms with E-state index in [0.29, 0.717) is 0 Å². The number of nitrogens with zero attached hydrogens (tertiary/aromatic N) is 4. The molecule has 5 nitrogen and oxygen atoms in total. The van der Waals surface area contributed by atoms with Crippen LogP contribution in [0.25, 0.3) is 11.0 Å². The lowest BCUT2D eigenvalue weighted by molar-refractivity contribution is 0.504. The number of hydrogen-bond acceptors (Lipinski definition) is 5. The smallest absolute Gasteiger partial charge is 0.0890 e. The van der Waals surface area contributed by atoms with Crippen LogP contribution in [0.15, 0.2) is 42.7 Å². The third-order valence-corrected chi connectivity index (χ3v) is 5.31. The molecular formula is C22H27N5. The van der Waals surface area contributed by atoms with Crippen molar-refractivity contribution in [1.29, 1.82) is 0 Å². The van der Waals surface area contributed by atoms with Gasteiger partial charge in [-0.2, -0.15) is 0 Å². The summed E-state index contributed by atoms with van der Waals surface area (Å²) in [4.78, 5) is 15.7. The molecule has 0 saturated carbocycles. The summed E-state index contributed by atoms with van der Waals surface area (Å²) in [5, 5.41) is 3.59. The molecule has 3 heterocycles. The van der Waals surface area contributed by atoms with Crippen LogP contribution in [0.4, 0.5) is 5.69 Å². The van der Waals surface area contributed by atoms with Crippen LogP contribution in [-0.4, -0.2) is 34.6 Å². The van der Waals surface area contributed by atoms with Crippen LogP contribution in [-0.2, 0) is 6.54 Å². The maximum atomic E-state index is 4.49. The molecule has 0 spiro atoms. The Morgan fingerprint density at radius 3 is 2.63 bits per heavy atom. The van der Waals surface area contributed by atoms with Crippen molar-refractivity contribution in [3.05, 3.63) is 59.7 Å². The van der Waals surface area contributed by atoms with Gasteiger partial charge in [0.05, 0.1) is 11.0 Å². The van der Waals surface area contributed by atoms with E-state index in [4.69, 9.17) is 0 Å². The molecule has 1 aliphatic rings. The lowest BCUT2D eigenvalue weighted by atomic mass is 10.1. The Bertz CT molecular complexity index is 903. The zero-order chi connectivity index (χ0) is 18.6. The summed E-state index contributed by atoms with van der Waals surface area (Å²) in [6.45, 7) is 8.38. The summed E-state index contributed by atoms with van der Waals surface area (Å²) in [7, 11) is 0. The molecule has 4 rings (SSSR count). The van der Waals surface area contributed by atoms with Crippen molar-refractivity contribution < 1.29 is 0 Å². The first-order valence-electron chi connectivity index (χ1n) is 9.78. The monoisotopic (exact) mass is 361 g/mol. The first-order valence-corrected chi connectivity index (χ1v) is 9.78. The molecule has 0 aliphatic carbocycles. The highest BCUT2D eigenvalue weighted by molar-refractivity contribution is 5.74. The van der Waals surface area contributed by atoms with Gasteiger partial charge in [0.25, 0.3) is 0 Å². The molecule has 1 saturated heterocycles. The lowest BCUT2D eigenvalue weighted by Crippen LogP contribution is -2.22. The van der Waals surface area contributed by atoms with Gasteiger partial charge >= 0.3 is 0 Å². The second-order valence-electron chi connectivity index (χ2n) is 7.55. The molecule has 1 N–H and O–H groups in total. The Balaban J connectivity index is 1.25. The van der Waals surface area contributed by atoms with E-state index >= 15 is 0 Å². The number of hydrogen-bond donors (Lipinski definition) is 1. The van der Waals surface area contributed by atoms with E-state index in [1.54, 1.807) is 12.4 Å². The average Bonchev–Trinajstić information content (AvgIpc) is 3.13. The van der Waals surface area contributed by atoms with Crippen molar-refractivity contribution >= 4 is 16.7 Å². The molecule has 0 radical (unpaired) electrons. The summed E-state index contributed by atoms with van der Waals surface area (Å²) >= 11 is 0. The molecule has 140 valence electrons. The van der Waals surface area contributed by atoms with Gasteiger partial charge in [-0.25, -0.2) is 0 Å². The maximum absolute atomic E-state index is 4.49. The Hall–Kier alpha value is -2.53. The molecule has 0 bridgehead atoms. The van der Waals surface area contributed by atoms with Crippen LogP contribution < -0.4 is 10.2 Å². The summed E-state index contributed by atoms with van der Waals surface area (Å²) < 4.78 is 0. The van der Waals surface area contributed by atoms with Crippen molar-refractivity contribution in [2.24, 2.45) is 5.92 Å². The SMILES string of the molecule is Cc1cc(N2CCC(CCNCc3ccc4nccnc4c3)C2)cc(C)n1. The highest BCUT2D eigenvalue weighted by Crippen LogP contribution is 2.26. The van der Waals surface area contributed by atoms with Gasteiger partial charge in [-0.15, -0.1) is 0 Å². The van der Waals surface area contributed by atoms with E-state index in [1.807, 2.05) is 6.07 Å². The normalized spacial score (nSPS) is 17.0. The van der Waals surface area contributed by atoms with Crippen LogP contribution in [0.2, 0.25) is 0 Å².